The molecule has 0 N–H and O–H groups in total. The van der Waals surface area contributed by atoms with E-state index in [4.69, 9.17) is 0 Å². The van der Waals surface area contributed by atoms with Crippen LogP contribution in [-0.2, 0) is 4.79 Å². The molecule has 0 aliphatic heterocycles. The molecule has 0 amide bonds. The fourth-order valence-electron chi connectivity index (χ4n) is 3.86. The molecule has 2 fully saturated rings. The highest BCUT2D eigenvalue weighted by Gasteiger charge is 2.39. The van der Waals surface area contributed by atoms with E-state index in [-0.39, 0.29) is 0 Å². The summed E-state index contributed by atoms with van der Waals surface area (Å²) >= 11 is 0. The summed E-state index contributed by atoms with van der Waals surface area (Å²) in [6.45, 7) is 0.751. The molecule has 2 aliphatic rings. The lowest BCUT2D eigenvalue weighted by Crippen LogP contribution is -2.37. The van der Waals surface area contributed by atoms with Crippen molar-refractivity contribution >= 4 is 6.08 Å². The summed E-state index contributed by atoms with van der Waals surface area (Å²) in [5.41, 5.74) is 0.371. The molecule has 0 aromatic carbocycles. The van der Waals surface area contributed by atoms with Gasteiger partial charge in [0.1, 0.15) is 0 Å². The summed E-state index contributed by atoms with van der Waals surface area (Å²) in [4.78, 5) is 14.3. The highest BCUT2D eigenvalue weighted by Crippen LogP contribution is 2.48. The average Bonchev–Trinajstić information content (AvgIpc) is 2.38. The first-order valence-corrected chi connectivity index (χ1v) is 6.91. The van der Waals surface area contributed by atoms with E-state index in [1.54, 1.807) is 6.08 Å². The third kappa shape index (κ3) is 2.55. The van der Waals surface area contributed by atoms with E-state index in [9.17, 15) is 4.79 Å². The SMILES string of the molecule is O=C=NCC1(C2CCCCC2)CCCCC1. The summed E-state index contributed by atoms with van der Waals surface area (Å²) in [5, 5.41) is 0. The highest BCUT2D eigenvalue weighted by atomic mass is 16.1. The van der Waals surface area contributed by atoms with Gasteiger partial charge in [0, 0.05) is 0 Å². The van der Waals surface area contributed by atoms with Crippen molar-refractivity contribution < 1.29 is 4.79 Å². The number of aliphatic imine (C=N–C) groups is 1. The number of isocyanates is 1. The van der Waals surface area contributed by atoms with Gasteiger partial charge in [-0.2, -0.15) is 0 Å². The van der Waals surface area contributed by atoms with E-state index in [1.807, 2.05) is 0 Å². The van der Waals surface area contributed by atoms with Gasteiger partial charge >= 0.3 is 0 Å². The van der Waals surface area contributed by atoms with Crippen LogP contribution in [-0.4, -0.2) is 12.6 Å². The average molecular weight is 221 g/mol. The topological polar surface area (TPSA) is 29.4 Å². The zero-order valence-electron chi connectivity index (χ0n) is 10.2. The Balaban J connectivity index is 2.07. The first kappa shape index (κ1) is 11.9. The number of carbonyl (C=O) groups excluding carboxylic acids is 1. The Labute approximate surface area is 98.5 Å². The third-order valence-electron chi connectivity index (χ3n) is 4.78. The molecule has 2 saturated carbocycles. The number of nitrogens with zero attached hydrogens (tertiary/aromatic N) is 1. The number of hydrogen-bond donors (Lipinski definition) is 0. The standard InChI is InChI=1S/C14H23NO/c16-12-15-11-14(9-5-2-6-10-14)13-7-3-1-4-8-13/h13H,1-11H2. The van der Waals surface area contributed by atoms with Crippen LogP contribution in [0.15, 0.2) is 4.99 Å². The second-order valence-electron chi connectivity index (χ2n) is 5.67. The molecule has 0 heterocycles. The lowest BCUT2D eigenvalue weighted by atomic mass is 9.62. The van der Waals surface area contributed by atoms with E-state index in [0.717, 1.165) is 12.5 Å². The zero-order chi connectivity index (χ0) is 11.3. The van der Waals surface area contributed by atoms with Gasteiger partial charge in [-0.15, -0.1) is 0 Å². The molecular weight excluding hydrogens is 198 g/mol. The quantitative estimate of drug-likeness (QED) is 0.525. The van der Waals surface area contributed by atoms with E-state index >= 15 is 0 Å². The lowest BCUT2D eigenvalue weighted by Gasteiger charge is -2.44. The Morgan fingerprint density at radius 2 is 1.62 bits per heavy atom. The summed E-state index contributed by atoms with van der Waals surface area (Å²) in [5.74, 6) is 0.832. The van der Waals surface area contributed by atoms with Crippen LogP contribution in [0.4, 0.5) is 0 Å². The van der Waals surface area contributed by atoms with Gasteiger partial charge in [0.25, 0.3) is 0 Å². The molecule has 0 aromatic heterocycles. The molecule has 2 nitrogen and oxygen atoms in total. The molecule has 90 valence electrons. The predicted octanol–water partition coefficient (Wildman–Crippen LogP) is 3.85. The molecule has 0 bridgehead atoms. The molecule has 0 unspecified atom stereocenters. The van der Waals surface area contributed by atoms with Crippen molar-refractivity contribution in [2.45, 2.75) is 64.2 Å². The third-order valence-corrected chi connectivity index (χ3v) is 4.78. The Bertz CT molecular complexity index is 256. The molecule has 0 atom stereocenters. The van der Waals surface area contributed by atoms with Crippen molar-refractivity contribution in [1.29, 1.82) is 0 Å². The fraction of sp³-hybridized carbons (Fsp3) is 0.929. The lowest BCUT2D eigenvalue weighted by molar-refractivity contribution is 0.0768. The van der Waals surface area contributed by atoms with Crippen molar-refractivity contribution in [3.8, 4) is 0 Å². The molecule has 0 radical (unpaired) electrons. The van der Waals surface area contributed by atoms with Crippen LogP contribution in [0.2, 0.25) is 0 Å². The Hall–Kier alpha value is -0.620. The molecule has 16 heavy (non-hydrogen) atoms. The van der Waals surface area contributed by atoms with Crippen LogP contribution in [0.5, 0.6) is 0 Å². The minimum absolute atomic E-state index is 0.371. The van der Waals surface area contributed by atoms with E-state index < -0.39 is 0 Å². The van der Waals surface area contributed by atoms with Gasteiger partial charge in [0.15, 0.2) is 0 Å². The maximum absolute atomic E-state index is 10.4. The Morgan fingerprint density at radius 3 is 2.25 bits per heavy atom. The largest absolute Gasteiger partial charge is 0.234 e. The maximum atomic E-state index is 10.4. The van der Waals surface area contributed by atoms with Crippen molar-refractivity contribution in [2.75, 3.05) is 6.54 Å². The Kier molecular flexibility index (Phi) is 4.17. The maximum Gasteiger partial charge on any atom is 0.234 e. The predicted molar refractivity (Wildman–Crippen MR) is 65.1 cm³/mol. The van der Waals surface area contributed by atoms with Crippen LogP contribution in [0, 0.1) is 11.3 Å². The van der Waals surface area contributed by atoms with Crippen LogP contribution < -0.4 is 0 Å². The van der Waals surface area contributed by atoms with Gasteiger partial charge < -0.3 is 0 Å². The van der Waals surface area contributed by atoms with Crippen molar-refractivity contribution in [3.05, 3.63) is 0 Å². The second-order valence-corrected chi connectivity index (χ2v) is 5.67. The van der Waals surface area contributed by atoms with E-state index in [0.29, 0.717) is 5.41 Å². The van der Waals surface area contributed by atoms with Gasteiger partial charge in [-0.3, -0.25) is 0 Å². The summed E-state index contributed by atoms with van der Waals surface area (Å²) in [7, 11) is 0. The summed E-state index contributed by atoms with van der Waals surface area (Å²) < 4.78 is 0. The molecule has 2 rings (SSSR count). The fourth-order valence-corrected chi connectivity index (χ4v) is 3.86. The normalized spacial score (nSPS) is 26.0. The zero-order valence-corrected chi connectivity index (χ0v) is 10.2. The van der Waals surface area contributed by atoms with Gasteiger partial charge in [-0.05, 0) is 37.0 Å². The van der Waals surface area contributed by atoms with Crippen molar-refractivity contribution in [2.24, 2.45) is 16.3 Å². The van der Waals surface area contributed by atoms with Gasteiger partial charge in [-0.1, -0.05) is 38.5 Å². The summed E-state index contributed by atoms with van der Waals surface area (Å²) in [6, 6.07) is 0. The second kappa shape index (κ2) is 5.63. The first-order chi connectivity index (χ1) is 7.87. The van der Waals surface area contributed by atoms with Crippen LogP contribution >= 0.6 is 0 Å². The Morgan fingerprint density at radius 1 is 1.00 bits per heavy atom. The van der Waals surface area contributed by atoms with E-state index in [1.165, 1.54) is 64.2 Å². The van der Waals surface area contributed by atoms with Crippen LogP contribution in [0.1, 0.15) is 64.2 Å². The molecule has 0 saturated heterocycles. The van der Waals surface area contributed by atoms with Gasteiger partial charge in [0.05, 0.1) is 6.54 Å². The summed E-state index contributed by atoms with van der Waals surface area (Å²) in [6.07, 6.45) is 15.3. The number of rotatable bonds is 3. The molecule has 0 spiro atoms. The minimum atomic E-state index is 0.371. The molecule has 2 heteroatoms. The van der Waals surface area contributed by atoms with Crippen molar-refractivity contribution in [1.82, 2.24) is 0 Å². The minimum Gasteiger partial charge on any atom is -0.211 e. The van der Waals surface area contributed by atoms with Crippen LogP contribution in [0.3, 0.4) is 0 Å². The van der Waals surface area contributed by atoms with Gasteiger partial charge in [0.2, 0.25) is 6.08 Å². The van der Waals surface area contributed by atoms with E-state index in [2.05, 4.69) is 4.99 Å². The van der Waals surface area contributed by atoms with Crippen molar-refractivity contribution in [3.63, 3.8) is 0 Å². The smallest absolute Gasteiger partial charge is 0.211 e. The monoisotopic (exact) mass is 221 g/mol. The highest BCUT2D eigenvalue weighted by molar-refractivity contribution is 5.33. The molecular formula is C14H23NO. The first-order valence-electron chi connectivity index (χ1n) is 6.91. The molecule has 0 aromatic rings. The van der Waals surface area contributed by atoms with Crippen LogP contribution in [0.25, 0.3) is 0 Å². The van der Waals surface area contributed by atoms with Gasteiger partial charge in [-0.25, -0.2) is 9.79 Å². The number of hydrogen-bond acceptors (Lipinski definition) is 2. The molecule has 2 aliphatic carbocycles.